The van der Waals surface area contributed by atoms with Crippen molar-refractivity contribution in [3.8, 4) is 0 Å². The van der Waals surface area contributed by atoms with E-state index < -0.39 is 0 Å². The molecule has 2 aliphatic rings. The summed E-state index contributed by atoms with van der Waals surface area (Å²) in [7, 11) is 0. The third kappa shape index (κ3) is 1.99. The molecule has 0 aromatic carbocycles. The van der Waals surface area contributed by atoms with Gasteiger partial charge in [-0.2, -0.15) is 0 Å². The second-order valence-electron chi connectivity index (χ2n) is 2.69. The summed E-state index contributed by atoms with van der Waals surface area (Å²) in [6, 6.07) is 1.35. The molecule has 0 radical (unpaired) electrons. The molecule has 0 spiro atoms. The molecule has 3 heteroatoms. The first kappa shape index (κ1) is 8.65. The van der Waals surface area contributed by atoms with Gasteiger partial charge in [-0.3, -0.25) is 0 Å². The molecule has 2 nitrogen and oxygen atoms in total. The minimum absolute atomic E-state index is 0. The maximum Gasteiger partial charge on any atom is 1.00 e. The molecule has 2 saturated heterocycles. The van der Waals surface area contributed by atoms with Gasteiger partial charge in [0.1, 0.15) is 0 Å². The molecule has 2 unspecified atom stereocenters. The fraction of sp³-hybridized carbons (Fsp3) is 1.00. The van der Waals surface area contributed by atoms with Crippen molar-refractivity contribution in [1.82, 2.24) is 5.32 Å². The van der Waals surface area contributed by atoms with E-state index >= 15 is 0 Å². The van der Waals surface area contributed by atoms with Crippen molar-refractivity contribution in [3.63, 3.8) is 0 Å². The minimum atomic E-state index is 0. The van der Waals surface area contributed by atoms with E-state index in [4.69, 9.17) is 0 Å². The Morgan fingerprint density at radius 3 is 2.11 bits per heavy atom. The SMILES string of the molecule is C1CC2CNCC1[N-]2.[K+]. The van der Waals surface area contributed by atoms with E-state index in [9.17, 15) is 0 Å². The third-order valence-electron chi connectivity index (χ3n) is 2.01. The summed E-state index contributed by atoms with van der Waals surface area (Å²) in [6.45, 7) is 2.27. The second kappa shape index (κ2) is 3.81. The second-order valence-corrected chi connectivity index (χ2v) is 2.69. The average Bonchev–Trinajstić information content (AvgIpc) is 2.12. The van der Waals surface area contributed by atoms with Gasteiger partial charge in [0.05, 0.1) is 0 Å². The van der Waals surface area contributed by atoms with E-state index in [1.165, 1.54) is 12.8 Å². The van der Waals surface area contributed by atoms with Crippen molar-refractivity contribution in [1.29, 1.82) is 0 Å². The number of hydrogen-bond acceptors (Lipinski definition) is 1. The van der Waals surface area contributed by atoms with Gasteiger partial charge >= 0.3 is 51.4 Å². The molecule has 2 heterocycles. The Morgan fingerprint density at radius 2 is 1.67 bits per heavy atom. The van der Waals surface area contributed by atoms with E-state index in [-0.39, 0.29) is 51.4 Å². The Bertz CT molecular complexity index is 83.1. The topological polar surface area (TPSA) is 26.1 Å². The number of rotatable bonds is 0. The van der Waals surface area contributed by atoms with E-state index in [1.807, 2.05) is 0 Å². The van der Waals surface area contributed by atoms with Crippen LogP contribution in [0.25, 0.3) is 5.32 Å². The first-order chi connectivity index (χ1) is 3.95. The van der Waals surface area contributed by atoms with Crippen LogP contribution in [0.3, 0.4) is 0 Å². The van der Waals surface area contributed by atoms with Crippen LogP contribution in [0.5, 0.6) is 0 Å². The molecule has 46 valence electrons. The molecule has 0 amide bonds. The molecular formula is C6H11KN2. The first-order valence-electron chi connectivity index (χ1n) is 3.36. The van der Waals surface area contributed by atoms with Crippen molar-refractivity contribution >= 4 is 0 Å². The fourth-order valence-corrected chi connectivity index (χ4v) is 1.56. The summed E-state index contributed by atoms with van der Waals surface area (Å²) in [6.07, 6.45) is 2.66. The van der Waals surface area contributed by atoms with E-state index in [0.717, 1.165) is 13.1 Å². The molecule has 2 rings (SSSR count). The van der Waals surface area contributed by atoms with Crippen LogP contribution in [-0.2, 0) is 0 Å². The molecular weight excluding hydrogens is 139 g/mol. The summed E-state index contributed by atoms with van der Waals surface area (Å²) in [4.78, 5) is 0. The van der Waals surface area contributed by atoms with Crippen LogP contribution in [0.15, 0.2) is 0 Å². The Morgan fingerprint density at radius 1 is 1.11 bits per heavy atom. The largest absolute Gasteiger partial charge is 1.00 e. The number of piperazine rings is 1. The number of fused-ring (bicyclic) bond motifs is 2. The normalized spacial score (nSPS) is 40.0. The Balaban J connectivity index is 0.000000405. The summed E-state index contributed by atoms with van der Waals surface area (Å²) in [5.41, 5.74) is 0. The molecule has 2 aliphatic heterocycles. The Labute approximate surface area is 98.6 Å². The summed E-state index contributed by atoms with van der Waals surface area (Å²) in [5.74, 6) is 0. The number of hydrogen-bond donors (Lipinski definition) is 1. The predicted octanol–water partition coefficient (Wildman–Crippen LogP) is -2.50. The van der Waals surface area contributed by atoms with Crippen molar-refractivity contribution in [2.45, 2.75) is 24.9 Å². The third-order valence-corrected chi connectivity index (χ3v) is 2.01. The fourth-order valence-electron chi connectivity index (χ4n) is 1.56. The van der Waals surface area contributed by atoms with Gasteiger partial charge in [-0.1, -0.05) is 12.8 Å². The standard InChI is InChI=1S/C6H11N2.K/c1-2-6-4-7-3-5(1)8-6;/h5-7H,1-4H2;/q-1;+1. The van der Waals surface area contributed by atoms with Crippen molar-refractivity contribution in [2.75, 3.05) is 13.1 Å². The van der Waals surface area contributed by atoms with Crippen LogP contribution in [0.2, 0.25) is 0 Å². The van der Waals surface area contributed by atoms with Gasteiger partial charge in [0, 0.05) is 0 Å². The van der Waals surface area contributed by atoms with Crippen LogP contribution < -0.4 is 56.7 Å². The van der Waals surface area contributed by atoms with Crippen LogP contribution in [0, 0.1) is 0 Å². The molecule has 2 fully saturated rings. The van der Waals surface area contributed by atoms with Crippen LogP contribution in [-0.4, -0.2) is 25.2 Å². The zero-order valence-corrected chi connectivity index (χ0v) is 9.05. The Kier molecular flexibility index (Phi) is 3.66. The molecule has 0 aliphatic carbocycles. The Hall–Kier alpha value is 1.56. The van der Waals surface area contributed by atoms with Gasteiger partial charge in [0.2, 0.25) is 0 Å². The van der Waals surface area contributed by atoms with Gasteiger partial charge < -0.3 is 10.6 Å². The summed E-state index contributed by atoms with van der Waals surface area (Å²) >= 11 is 0. The van der Waals surface area contributed by atoms with Crippen LogP contribution in [0.4, 0.5) is 0 Å². The van der Waals surface area contributed by atoms with Gasteiger partial charge in [0.25, 0.3) is 0 Å². The van der Waals surface area contributed by atoms with Crippen LogP contribution in [0.1, 0.15) is 12.8 Å². The van der Waals surface area contributed by atoms with E-state index in [0.29, 0.717) is 12.1 Å². The van der Waals surface area contributed by atoms with Crippen LogP contribution >= 0.6 is 0 Å². The van der Waals surface area contributed by atoms with Gasteiger partial charge in [-0.05, 0) is 13.1 Å². The molecule has 2 bridgehead atoms. The molecule has 1 N–H and O–H groups in total. The summed E-state index contributed by atoms with van der Waals surface area (Å²) < 4.78 is 0. The molecule has 0 aromatic heterocycles. The zero-order valence-electron chi connectivity index (χ0n) is 5.93. The van der Waals surface area contributed by atoms with Gasteiger partial charge in [-0.15, -0.1) is 12.1 Å². The molecule has 0 saturated carbocycles. The van der Waals surface area contributed by atoms with Crippen molar-refractivity contribution < 1.29 is 51.4 Å². The van der Waals surface area contributed by atoms with Gasteiger partial charge in [0.15, 0.2) is 0 Å². The number of nitrogens with zero attached hydrogens (tertiary/aromatic N) is 1. The smallest absolute Gasteiger partial charge is 0.655 e. The number of nitrogens with one attached hydrogen (secondary N) is 1. The summed E-state index contributed by atoms with van der Waals surface area (Å²) in [5, 5.41) is 7.88. The maximum absolute atomic E-state index is 4.53. The van der Waals surface area contributed by atoms with Gasteiger partial charge in [-0.25, -0.2) is 0 Å². The predicted molar refractivity (Wildman–Crippen MR) is 33.0 cm³/mol. The first-order valence-corrected chi connectivity index (χ1v) is 3.36. The minimum Gasteiger partial charge on any atom is -0.655 e. The van der Waals surface area contributed by atoms with Crippen molar-refractivity contribution in [3.05, 3.63) is 5.32 Å². The zero-order chi connectivity index (χ0) is 5.40. The molecule has 9 heavy (non-hydrogen) atoms. The van der Waals surface area contributed by atoms with E-state index in [1.54, 1.807) is 0 Å². The molecule has 2 atom stereocenters. The van der Waals surface area contributed by atoms with E-state index in [2.05, 4.69) is 10.6 Å². The average molecular weight is 150 g/mol. The monoisotopic (exact) mass is 150 g/mol. The van der Waals surface area contributed by atoms with Crippen molar-refractivity contribution in [2.24, 2.45) is 0 Å². The quantitative estimate of drug-likeness (QED) is 0.380. The molecule has 0 aromatic rings. The maximum atomic E-state index is 4.53.